The van der Waals surface area contributed by atoms with Gasteiger partial charge in [0.25, 0.3) is 5.91 Å². The summed E-state index contributed by atoms with van der Waals surface area (Å²) in [4.78, 5) is 24.7. The monoisotopic (exact) mass is 416 g/mol. The van der Waals surface area contributed by atoms with E-state index in [0.717, 1.165) is 36.9 Å². The molecule has 1 heterocycles. The number of nitrogens with zero attached hydrogens (tertiary/aromatic N) is 1. The minimum atomic E-state index is -0.875. The summed E-state index contributed by atoms with van der Waals surface area (Å²) in [6.45, 7) is 5.49. The second-order valence-electron chi connectivity index (χ2n) is 7.49. The van der Waals surface area contributed by atoms with Gasteiger partial charge in [0.15, 0.2) is 17.6 Å². The van der Waals surface area contributed by atoms with Crippen molar-refractivity contribution in [2.24, 2.45) is 0 Å². The molecule has 162 valence electrons. The summed E-state index contributed by atoms with van der Waals surface area (Å²) >= 11 is 0. The number of ether oxygens (including phenoxy) is 3. The molecule has 0 radical (unpaired) electrons. The number of nitrogens with one attached hydrogen (secondary N) is 1. The quantitative estimate of drug-likeness (QED) is 0.658. The predicted octanol–water partition coefficient (Wildman–Crippen LogP) is 3.48. The number of methoxy groups -OCH3 is 1. The number of aryl methyl sites for hydroxylation is 2. The van der Waals surface area contributed by atoms with Crippen molar-refractivity contribution in [1.29, 1.82) is 0 Å². The molecule has 8 heteroatoms. The van der Waals surface area contributed by atoms with Crippen LogP contribution < -0.4 is 14.8 Å². The molecule has 0 saturated heterocycles. The maximum atomic E-state index is 12.5. The number of aromatic nitrogens is 1. The summed E-state index contributed by atoms with van der Waals surface area (Å²) in [6, 6.07) is 4.92. The highest BCUT2D eigenvalue weighted by Gasteiger charge is 2.24. The van der Waals surface area contributed by atoms with Crippen LogP contribution in [0.25, 0.3) is 0 Å². The van der Waals surface area contributed by atoms with Gasteiger partial charge in [-0.05, 0) is 51.8 Å². The van der Waals surface area contributed by atoms with Crippen molar-refractivity contribution in [3.05, 3.63) is 40.8 Å². The van der Waals surface area contributed by atoms with Crippen LogP contribution in [0.5, 0.6) is 11.5 Å². The van der Waals surface area contributed by atoms with Crippen molar-refractivity contribution in [3.8, 4) is 11.5 Å². The smallest absolute Gasteiger partial charge is 0.339 e. The summed E-state index contributed by atoms with van der Waals surface area (Å²) in [6.07, 6.45) is 3.30. The van der Waals surface area contributed by atoms with E-state index in [0.29, 0.717) is 17.3 Å². The molecule has 1 fully saturated rings. The minimum absolute atomic E-state index is 0.174. The molecule has 1 aliphatic rings. The van der Waals surface area contributed by atoms with Gasteiger partial charge in [0.05, 0.1) is 23.9 Å². The average Bonchev–Trinajstić information content (AvgIpc) is 3.36. The van der Waals surface area contributed by atoms with Gasteiger partial charge in [-0.1, -0.05) is 18.0 Å². The van der Waals surface area contributed by atoms with Crippen LogP contribution >= 0.6 is 0 Å². The van der Waals surface area contributed by atoms with Crippen LogP contribution in [0.2, 0.25) is 0 Å². The SMILES string of the molecule is COc1cc(C(=O)O[C@H](C)C(=O)NC2CCCC2)ccc1OCc1c(C)noc1C. The lowest BCUT2D eigenvalue weighted by Crippen LogP contribution is -2.40. The maximum Gasteiger partial charge on any atom is 0.339 e. The highest BCUT2D eigenvalue weighted by Crippen LogP contribution is 2.30. The Morgan fingerprint density at radius 2 is 1.97 bits per heavy atom. The van der Waals surface area contributed by atoms with Gasteiger partial charge in [-0.15, -0.1) is 0 Å². The van der Waals surface area contributed by atoms with Gasteiger partial charge in [-0.2, -0.15) is 0 Å². The lowest BCUT2D eigenvalue weighted by Gasteiger charge is -2.17. The molecule has 0 spiro atoms. The van der Waals surface area contributed by atoms with E-state index in [4.69, 9.17) is 18.7 Å². The van der Waals surface area contributed by atoms with Gasteiger partial charge in [-0.25, -0.2) is 4.79 Å². The standard InChI is InChI=1S/C22H28N2O6/c1-13-18(14(2)30-24-13)12-28-19-10-9-16(11-20(19)27-4)22(26)29-15(3)21(25)23-17-7-5-6-8-17/h9-11,15,17H,5-8,12H2,1-4H3,(H,23,25)/t15-/m1/s1. The van der Waals surface area contributed by atoms with Crippen LogP contribution in [0.1, 0.15) is 60.0 Å². The molecule has 1 saturated carbocycles. The summed E-state index contributed by atoms with van der Waals surface area (Å²) in [5, 5.41) is 6.83. The first-order chi connectivity index (χ1) is 14.4. The number of carbonyl (C=O) groups is 2. The molecule has 0 bridgehead atoms. The fraction of sp³-hybridized carbons (Fsp3) is 0.500. The van der Waals surface area contributed by atoms with Gasteiger partial charge < -0.3 is 24.1 Å². The fourth-order valence-corrected chi connectivity index (χ4v) is 3.44. The summed E-state index contributed by atoms with van der Waals surface area (Å²) < 4.78 is 21.6. The van der Waals surface area contributed by atoms with Crippen molar-refractivity contribution in [2.45, 2.75) is 65.2 Å². The molecule has 0 aliphatic heterocycles. The van der Waals surface area contributed by atoms with E-state index < -0.39 is 12.1 Å². The topological polar surface area (TPSA) is 99.9 Å². The normalized spacial score (nSPS) is 14.9. The van der Waals surface area contributed by atoms with Crippen molar-refractivity contribution in [1.82, 2.24) is 10.5 Å². The Labute approximate surface area is 175 Å². The number of rotatable bonds is 8. The maximum absolute atomic E-state index is 12.5. The summed E-state index contributed by atoms with van der Waals surface area (Å²) in [5.74, 6) is 0.679. The number of esters is 1. The Hall–Kier alpha value is -3.03. The van der Waals surface area contributed by atoms with E-state index in [2.05, 4.69) is 10.5 Å². The van der Waals surface area contributed by atoms with Crippen molar-refractivity contribution in [3.63, 3.8) is 0 Å². The molecule has 2 aromatic rings. The zero-order valence-electron chi connectivity index (χ0n) is 17.8. The van der Waals surface area contributed by atoms with Crippen LogP contribution in [0.15, 0.2) is 22.7 Å². The Kier molecular flexibility index (Phi) is 6.97. The van der Waals surface area contributed by atoms with Crippen LogP contribution in [0.4, 0.5) is 0 Å². The molecule has 1 amide bonds. The Morgan fingerprint density at radius 1 is 1.23 bits per heavy atom. The highest BCUT2D eigenvalue weighted by atomic mass is 16.5. The van der Waals surface area contributed by atoms with Gasteiger partial charge in [-0.3, -0.25) is 4.79 Å². The Bertz CT molecular complexity index is 882. The third-order valence-corrected chi connectivity index (χ3v) is 5.31. The number of carbonyl (C=O) groups excluding carboxylic acids is 2. The van der Waals surface area contributed by atoms with Gasteiger partial charge in [0, 0.05) is 6.04 Å². The van der Waals surface area contributed by atoms with Crippen LogP contribution in [-0.2, 0) is 16.1 Å². The molecule has 3 rings (SSSR count). The molecule has 1 aromatic carbocycles. The number of benzene rings is 1. The number of amides is 1. The molecule has 1 N–H and O–H groups in total. The first kappa shape index (κ1) is 21.7. The Morgan fingerprint density at radius 3 is 2.60 bits per heavy atom. The first-order valence-electron chi connectivity index (χ1n) is 10.1. The lowest BCUT2D eigenvalue weighted by molar-refractivity contribution is -0.129. The average molecular weight is 416 g/mol. The van der Waals surface area contributed by atoms with E-state index in [-0.39, 0.29) is 24.1 Å². The van der Waals surface area contributed by atoms with E-state index in [1.165, 1.54) is 13.2 Å². The third kappa shape index (κ3) is 5.11. The van der Waals surface area contributed by atoms with Crippen molar-refractivity contribution < 1.29 is 28.3 Å². The molecular formula is C22H28N2O6. The summed E-state index contributed by atoms with van der Waals surface area (Å²) in [5.41, 5.74) is 1.90. The van der Waals surface area contributed by atoms with Crippen LogP contribution in [-0.4, -0.2) is 36.3 Å². The molecule has 0 unspecified atom stereocenters. The van der Waals surface area contributed by atoms with Gasteiger partial charge in [0.2, 0.25) is 0 Å². The summed E-state index contributed by atoms with van der Waals surface area (Å²) in [7, 11) is 1.49. The molecule has 1 aliphatic carbocycles. The van der Waals surface area contributed by atoms with E-state index in [1.54, 1.807) is 19.1 Å². The first-order valence-corrected chi connectivity index (χ1v) is 10.1. The van der Waals surface area contributed by atoms with Crippen LogP contribution in [0.3, 0.4) is 0 Å². The van der Waals surface area contributed by atoms with Gasteiger partial charge in [0.1, 0.15) is 12.4 Å². The van der Waals surface area contributed by atoms with Crippen molar-refractivity contribution in [2.75, 3.05) is 7.11 Å². The zero-order chi connectivity index (χ0) is 21.7. The fourth-order valence-electron chi connectivity index (χ4n) is 3.44. The molecule has 1 aromatic heterocycles. The van der Waals surface area contributed by atoms with Crippen molar-refractivity contribution >= 4 is 11.9 Å². The van der Waals surface area contributed by atoms with E-state index in [9.17, 15) is 9.59 Å². The molecule has 30 heavy (non-hydrogen) atoms. The number of hydrogen-bond acceptors (Lipinski definition) is 7. The van der Waals surface area contributed by atoms with E-state index >= 15 is 0 Å². The lowest BCUT2D eigenvalue weighted by atomic mass is 10.2. The molecule has 1 atom stereocenters. The Balaban J connectivity index is 1.61. The largest absolute Gasteiger partial charge is 0.493 e. The third-order valence-electron chi connectivity index (χ3n) is 5.31. The molecular weight excluding hydrogens is 388 g/mol. The minimum Gasteiger partial charge on any atom is -0.493 e. The van der Waals surface area contributed by atoms with Crippen LogP contribution in [0, 0.1) is 13.8 Å². The zero-order valence-corrected chi connectivity index (χ0v) is 17.8. The second-order valence-corrected chi connectivity index (χ2v) is 7.49. The molecule has 8 nitrogen and oxygen atoms in total. The van der Waals surface area contributed by atoms with Gasteiger partial charge >= 0.3 is 5.97 Å². The van der Waals surface area contributed by atoms with E-state index in [1.807, 2.05) is 13.8 Å². The predicted molar refractivity (Wildman–Crippen MR) is 109 cm³/mol. The second kappa shape index (κ2) is 9.65. The number of hydrogen-bond donors (Lipinski definition) is 1. The highest BCUT2D eigenvalue weighted by molar-refractivity contribution is 5.92.